The van der Waals surface area contributed by atoms with Crippen molar-refractivity contribution in [3.8, 4) is 23.7 Å². The van der Waals surface area contributed by atoms with Crippen LogP contribution in [0.4, 0.5) is 0 Å². The van der Waals surface area contributed by atoms with Gasteiger partial charge in [0, 0.05) is 33.0 Å². The molecule has 2 heteroatoms. The summed E-state index contributed by atoms with van der Waals surface area (Å²) in [4.78, 5) is 0. The molecule has 0 nitrogen and oxygen atoms in total. The number of aryl methyl sites for hydroxylation is 1. The molecular formula is C20H14S2. The molecule has 0 saturated heterocycles. The van der Waals surface area contributed by atoms with Gasteiger partial charge in [-0.1, -0.05) is 30.6 Å². The summed E-state index contributed by atoms with van der Waals surface area (Å²) in [6.07, 6.45) is 0.960. The fourth-order valence-corrected chi connectivity index (χ4v) is 3.22. The Kier molecular flexibility index (Phi) is 4.76. The van der Waals surface area contributed by atoms with Crippen molar-refractivity contribution in [2.45, 2.75) is 13.3 Å². The molecule has 0 unspecified atom stereocenters. The molecule has 2 aromatic heterocycles. The first-order chi connectivity index (χ1) is 10.8. The summed E-state index contributed by atoms with van der Waals surface area (Å²) in [7, 11) is 0. The van der Waals surface area contributed by atoms with Crippen LogP contribution in [0.15, 0.2) is 51.9 Å². The summed E-state index contributed by atoms with van der Waals surface area (Å²) in [5.74, 6) is 12.9. The van der Waals surface area contributed by atoms with Crippen LogP contribution in [0.3, 0.4) is 0 Å². The lowest BCUT2D eigenvalue weighted by Crippen LogP contribution is -1.89. The van der Waals surface area contributed by atoms with Crippen LogP contribution in [0, 0.1) is 23.7 Å². The molecule has 0 atom stereocenters. The quantitative estimate of drug-likeness (QED) is 0.543. The van der Waals surface area contributed by atoms with E-state index in [1.807, 2.05) is 22.9 Å². The zero-order valence-electron chi connectivity index (χ0n) is 12.2. The molecule has 0 N–H and O–H groups in total. The van der Waals surface area contributed by atoms with Gasteiger partial charge in [0.1, 0.15) is 0 Å². The van der Waals surface area contributed by atoms with Crippen LogP contribution < -0.4 is 0 Å². The molecule has 0 amide bonds. The van der Waals surface area contributed by atoms with Gasteiger partial charge in [-0.15, -0.1) is 0 Å². The first-order valence-electron chi connectivity index (χ1n) is 7.06. The van der Waals surface area contributed by atoms with Crippen molar-refractivity contribution in [1.82, 2.24) is 0 Å². The van der Waals surface area contributed by atoms with Gasteiger partial charge in [-0.05, 0) is 53.1 Å². The summed E-state index contributed by atoms with van der Waals surface area (Å²) in [6, 6.07) is 10.4. The molecule has 22 heavy (non-hydrogen) atoms. The number of hydrogen-bond donors (Lipinski definition) is 0. The van der Waals surface area contributed by atoms with Gasteiger partial charge in [-0.3, -0.25) is 0 Å². The third-order valence-electron chi connectivity index (χ3n) is 3.22. The Bertz CT molecular complexity index is 861. The highest BCUT2D eigenvalue weighted by Gasteiger charge is 1.99. The Morgan fingerprint density at radius 1 is 0.773 bits per heavy atom. The van der Waals surface area contributed by atoms with Gasteiger partial charge in [0.25, 0.3) is 0 Å². The third kappa shape index (κ3) is 3.68. The maximum atomic E-state index is 3.27. The second-order valence-electron chi connectivity index (χ2n) is 4.75. The van der Waals surface area contributed by atoms with E-state index >= 15 is 0 Å². The first-order valence-corrected chi connectivity index (χ1v) is 8.95. The molecule has 0 aliphatic carbocycles. The molecule has 0 radical (unpaired) electrons. The number of hydrogen-bond acceptors (Lipinski definition) is 2. The van der Waals surface area contributed by atoms with Crippen molar-refractivity contribution in [3.05, 3.63) is 79.7 Å². The van der Waals surface area contributed by atoms with Crippen molar-refractivity contribution < 1.29 is 0 Å². The highest BCUT2D eigenvalue weighted by atomic mass is 32.1. The van der Waals surface area contributed by atoms with E-state index in [1.165, 1.54) is 5.56 Å². The van der Waals surface area contributed by atoms with Crippen molar-refractivity contribution >= 4 is 22.7 Å². The van der Waals surface area contributed by atoms with Crippen LogP contribution >= 0.6 is 22.7 Å². The standard InChI is InChI=1S/C20H14S2/c1-2-19-13-16(3-4-17-9-11-21-14-17)5-7-20(19)8-6-18-10-12-22-15-18/h5,7,9-15H,2H2,1H3. The Morgan fingerprint density at radius 2 is 1.41 bits per heavy atom. The van der Waals surface area contributed by atoms with Gasteiger partial charge in [-0.2, -0.15) is 22.7 Å². The Morgan fingerprint density at radius 3 is 2.00 bits per heavy atom. The molecule has 0 fully saturated rings. The monoisotopic (exact) mass is 318 g/mol. The minimum absolute atomic E-state index is 0.960. The largest absolute Gasteiger partial charge is 0.151 e. The highest BCUT2D eigenvalue weighted by molar-refractivity contribution is 7.08. The molecule has 0 saturated carbocycles. The maximum absolute atomic E-state index is 3.27. The molecule has 106 valence electrons. The van der Waals surface area contributed by atoms with Crippen molar-refractivity contribution in [2.75, 3.05) is 0 Å². The fourth-order valence-electron chi connectivity index (χ4n) is 2.04. The normalized spacial score (nSPS) is 9.50. The minimum Gasteiger partial charge on any atom is -0.151 e. The first kappa shape index (κ1) is 14.7. The van der Waals surface area contributed by atoms with Crippen LogP contribution in [0.2, 0.25) is 0 Å². The second-order valence-corrected chi connectivity index (χ2v) is 6.31. The SMILES string of the molecule is CCc1cc(C#Cc2ccsc2)ccc1C#Cc1ccsc1. The minimum atomic E-state index is 0.960. The molecule has 3 rings (SSSR count). The van der Waals surface area contributed by atoms with E-state index in [0.717, 1.165) is 28.7 Å². The van der Waals surface area contributed by atoms with Crippen molar-refractivity contribution in [2.24, 2.45) is 0 Å². The van der Waals surface area contributed by atoms with E-state index in [0.29, 0.717) is 0 Å². The van der Waals surface area contributed by atoms with Crippen LogP contribution in [0.1, 0.15) is 34.7 Å². The average molecular weight is 318 g/mol. The van der Waals surface area contributed by atoms with E-state index in [1.54, 1.807) is 22.7 Å². The fraction of sp³-hybridized carbons (Fsp3) is 0.100. The van der Waals surface area contributed by atoms with E-state index in [2.05, 4.69) is 59.6 Å². The summed E-state index contributed by atoms with van der Waals surface area (Å²) < 4.78 is 0. The number of benzene rings is 1. The summed E-state index contributed by atoms with van der Waals surface area (Å²) >= 11 is 3.34. The van der Waals surface area contributed by atoms with Gasteiger partial charge in [0.05, 0.1) is 0 Å². The Labute approximate surface area is 139 Å². The molecule has 0 aliphatic heterocycles. The lowest BCUT2D eigenvalue weighted by Gasteiger charge is -2.02. The second kappa shape index (κ2) is 7.14. The molecular weight excluding hydrogens is 304 g/mol. The average Bonchev–Trinajstić information content (AvgIpc) is 3.24. The van der Waals surface area contributed by atoms with Crippen molar-refractivity contribution in [1.29, 1.82) is 0 Å². The zero-order chi connectivity index (χ0) is 15.2. The van der Waals surface area contributed by atoms with E-state index in [-0.39, 0.29) is 0 Å². The molecule has 1 aromatic carbocycles. The summed E-state index contributed by atoms with van der Waals surface area (Å²) in [5.41, 5.74) is 5.54. The Balaban J connectivity index is 1.87. The lowest BCUT2D eigenvalue weighted by molar-refractivity contribution is 1.13. The molecule has 0 bridgehead atoms. The van der Waals surface area contributed by atoms with E-state index in [4.69, 9.17) is 0 Å². The van der Waals surface area contributed by atoms with Crippen molar-refractivity contribution in [3.63, 3.8) is 0 Å². The topological polar surface area (TPSA) is 0 Å². The number of rotatable bonds is 1. The molecule has 0 aliphatic rings. The maximum Gasteiger partial charge on any atom is 0.0356 e. The van der Waals surface area contributed by atoms with E-state index < -0.39 is 0 Å². The van der Waals surface area contributed by atoms with Crippen LogP contribution in [0.5, 0.6) is 0 Å². The van der Waals surface area contributed by atoms with Gasteiger partial charge < -0.3 is 0 Å². The zero-order valence-corrected chi connectivity index (χ0v) is 13.9. The highest BCUT2D eigenvalue weighted by Crippen LogP contribution is 2.13. The smallest absolute Gasteiger partial charge is 0.0356 e. The molecule has 2 heterocycles. The van der Waals surface area contributed by atoms with Crippen LogP contribution in [-0.4, -0.2) is 0 Å². The predicted octanol–water partition coefficient (Wildman–Crippen LogP) is 5.17. The Hall–Kier alpha value is -2.26. The van der Waals surface area contributed by atoms with Gasteiger partial charge in [0.2, 0.25) is 0 Å². The number of thiophene rings is 2. The summed E-state index contributed by atoms with van der Waals surface area (Å²) in [5, 5.41) is 8.23. The van der Waals surface area contributed by atoms with Crippen LogP contribution in [0.25, 0.3) is 0 Å². The lowest BCUT2D eigenvalue weighted by atomic mass is 10.0. The predicted molar refractivity (Wildman–Crippen MR) is 96.4 cm³/mol. The van der Waals surface area contributed by atoms with E-state index in [9.17, 15) is 0 Å². The van der Waals surface area contributed by atoms with Gasteiger partial charge in [-0.25, -0.2) is 0 Å². The molecule has 0 spiro atoms. The third-order valence-corrected chi connectivity index (χ3v) is 4.59. The summed E-state index contributed by atoms with van der Waals surface area (Å²) in [6.45, 7) is 2.15. The van der Waals surface area contributed by atoms with Crippen LogP contribution in [-0.2, 0) is 6.42 Å². The van der Waals surface area contributed by atoms with Gasteiger partial charge in [0.15, 0.2) is 0 Å². The van der Waals surface area contributed by atoms with Gasteiger partial charge >= 0.3 is 0 Å². The molecule has 3 aromatic rings.